The van der Waals surface area contributed by atoms with Crippen LogP contribution < -0.4 is 15.0 Å². The van der Waals surface area contributed by atoms with Crippen molar-refractivity contribution in [1.82, 2.24) is 9.97 Å². The minimum atomic E-state index is -0.0576. The molecule has 0 fully saturated rings. The van der Waals surface area contributed by atoms with Gasteiger partial charge in [-0.1, -0.05) is 17.7 Å². The smallest absolute Gasteiger partial charge is 0.260 e. The molecule has 0 spiro atoms. The van der Waals surface area contributed by atoms with Crippen LogP contribution in [0.15, 0.2) is 16.9 Å². The van der Waals surface area contributed by atoms with Crippen molar-refractivity contribution in [3.05, 3.63) is 49.3 Å². The molecule has 0 saturated heterocycles. The largest absolute Gasteiger partial charge is 0.454 e. The molecule has 0 atom stereocenters. The number of ether oxygens (including phenoxy) is 2. The number of hydrogen-bond donors (Lipinski definition) is 1. The Bertz CT molecular complexity index is 1120. The van der Waals surface area contributed by atoms with E-state index in [4.69, 9.17) is 21.1 Å². The van der Waals surface area contributed by atoms with E-state index >= 15 is 0 Å². The van der Waals surface area contributed by atoms with Gasteiger partial charge in [-0.25, -0.2) is 4.98 Å². The van der Waals surface area contributed by atoms with Crippen LogP contribution in [0.1, 0.15) is 34.7 Å². The van der Waals surface area contributed by atoms with Gasteiger partial charge >= 0.3 is 0 Å². The Morgan fingerprint density at radius 2 is 2.08 bits per heavy atom. The number of fused-ring (bicyclic) bond motifs is 4. The Hall–Kier alpha value is -2.31. The summed E-state index contributed by atoms with van der Waals surface area (Å²) in [5.74, 6) is 1.73. The Morgan fingerprint density at radius 1 is 1.19 bits per heavy atom. The summed E-state index contributed by atoms with van der Waals surface area (Å²) >= 11 is 7.85. The summed E-state index contributed by atoms with van der Waals surface area (Å²) < 4.78 is 10.7. The fraction of sp³-hybridized carbons (Fsp3) is 0.263. The first-order chi connectivity index (χ1) is 12.7. The van der Waals surface area contributed by atoms with Gasteiger partial charge < -0.3 is 14.5 Å². The first-order valence-corrected chi connectivity index (χ1v) is 9.70. The van der Waals surface area contributed by atoms with Crippen LogP contribution in [-0.2, 0) is 12.8 Å². The number of nitrogens with zero attached hydrogens (tertiary/aromatic N) is 1. The second kappa shape index (κ2) is 6.14. The van der Waals surface area contributed by atoms with Crippen LogP contribution in [0.3, 0.4) is 0 Å². The van der Waals surface area contributed by atoms with Crippen LogP contribution in [0, 0.1) is 0 Å². The predicted octanol–water partition coefficient (Wildman–Crippen LogP) is 4.42. The summed E-state index contributed by atoms with van der Waals surface area (Å²) in [6, 6.07) is 3.65. The van der Waals surface area contributed by atoms with E-state index in [9.17, 15) is 4.79 Å². The van der Waals surface area contributed by atoms with Crippen LogP contribution in [0.5, 0.6) is 11.5 Å². The maximum atomic E-state index is 12.6. The topological polar surface area (TPSA) is 64.2 Å². The summed E-state index contributed by atoms with van der Waals surface area (Å²) in [5.41, 5.74) is 1.99. The van der Waals surface area contributed by atoms with Gasteiger partial charge in [-0.3, -0.25) is 4.79 Å². The Labute approximate surface area is 158 Å². The van der Waals surface area contributed by atoms with Gasteiger partial charge in [0.05, 0.1) is 10.4 Å². The lowest BCUT2D eigenvalue weighted by Crippen LogP contribution is -2.11. The molecule has 1 aromatic carbocycles. The molecule has 7 heteroatoms. The van der Waals surface area contributed by atoms with Crippen molar-refractivity contribution in [2.75, 3.05) is 6.79 Å². The number of nitrogens with one attached hydrogen (secondary N) is 1. The third-order valence-electron chi connectivity index (χ3n) is 4.73. The monoisotopic (exact) mass is 386 g/mol. The highest BCUT2D eigenvalue weighted by Crippen LogP contribution is 2.40. The number of H-pyrrole nitrogens is 1. The van der Waals surface area contributed by atoms with Gasteiger partial charge in [-0.15, -0.1) is 11.3 Å². The molecule has 0 radical (unpaired) electrons. The lowest BCUT2D eigenvalue weighted by atomic mass is 9.97. The molecular weight excluding hydrogens is 372 g/mol. The molecule has 5 rings (SSSR count). The molecule has 1 N–H and O–H groups in total. The van der Waals surface area contributed by atoms with E-state index in [0.29, 0.717) is 22.3 Å². The molecule has 2 aromatic heterocycles. The molecular formula is C19H15ClN2O3S. The normalized spacial score (nSPS) is 15.7. The molecule has 5 nitrogen and oxygen atoms in total. The number of thiophene rings is 1. The minimum Gasteiger partial charge on any atom is -0.454 e. The number of benzene rings is 1. The quantitative estimate of drug-likeness (QED) is 0.708. The number of aryl methyl sites for hydroxylation is 2. The van der Waals surface area contributed by atoms with E-state index in [0.717, 1.165) is 35.0 Å². The molecule has 1 aliphatic heterocycles. The Morgan fingerprint density at radius 3 is 3.00 bits per heavy atom. The summed E-state index contributed by atoms with van der Waals surface area (Å²) in [6.45, 7) is 0.177. The van der Waals surface area contributed by atoms with Crippen LogP contribution in [0.2, 0.25) is 5.02 Å². The maximum absolute atomic E-state index is 12.6. The third-order valence-corrected chi connectivity index (χ3v) is 6.19. The van der Waals surface area contributed by atoms with Gasteiger partial charge in [-0.2, -0.15) is 0 Å². The van der Waals surface area contributed by atoms with E-state index in [2.05, 4.69) is 9.97 Å². The van der Waals surface area contributed by atoms with E-state index in [1.807, 2.05) is 12.1 Å². The highest BCUT2D eigenvalue weighted by Gasteiger charge is 2.20. The number of hydrogen-bond acceptors (Lipinski definition) is 5. The first kappa shape index (κ1) is 15.9. The van der Waals surface area contributed by atoms with Gasteiger partial charge in [0, 0.05) is 4.88 Å². The second-order valence-electron chi connectivity index (χ2n) is 6.41. The molecule has 1 aliphatic carbocycles. The highest BCUT2D eigenvalue weighted by atomic mass is 35.5. The summed E-state index contributed by atoms with van der Waals surface area (Å²) in [4.78, 5) is 22.2. The molecule has 0 bridgehead atoms. The van der Waals surface area contributed by atoms with Gasteiger partial charge in [0.15, 0.2) is 11.5 Å². The Kier molecular flexibility index (Phi) is 3.76. The SMILES string of the molecule is O=c1[nH]c(/C=C/c2cc(Cl)c3c(c2)OCO3)nc2sc3c(c12)CCCC3. The standard InChI is InChI=1S/C19H15ClN2O3S/c20-12-7-10(8-13-17(12)25-9-24-13)5-6-15-21-18(23)16-11-3-1-2-4-14(11)26-19(16)22-15/h5-8H,1-4,9H2,(H,21,22,23)/b6-5+. The zero-order valence-electron chi connectivity index (χ0n) is 13.8. The van der Waals surface area contributed by atoms with Crippen molar-refractivity contribution in [2.45, 2.75) is 25.7 Å². The second-order valence-corrected chi connectivity index (χ2v) is 7.90. The Balaban J connectivity index is 1.53. The summed E-state index contributed by atoms with van der Waals surface area (Å²) in [6.07, 6.45) is 8.00. The lowest BCUT2D eigenvalue weighted by Gasteiger charge is -2.09. The number of halogens is 1. The van der Waals surface area contributed by atoms with Crippen LogP contribution in [-0.4, -0.2) is 16.8 Å². The zero-order valence-corrected chi connectivity index (χ0v) is 15.4. The average molecular weight is 387 g/mol. The van der Waals surface area contributed by atoms with Gasteiger partial charge in [0.25, 0.3) is 5.56 Å². The number of aromatic nitrogens is 2. The van der Waals surface area contributed by atoms with Crippen molar-refractivity contribution in [1.29, 1.82) is 0 Å². The highest BCUT2D eigenvalue weighted by molar-refractivity contribution is 7.18. The zero-order chi connectivity index (χ0) is 17.7. The molecule has 0 amide bonds. The number of aromatic amines is 1. The van der Waals surface area contributed by atoms with Gasteiger partial charge in [0.2, 0.25) is 6.79 Å². The average Bonchev–Trinajstić information content (AvgIpc) is 3.24. The molecule has 0 saturated carbocycles. The van der Waals surface area contributed by atoms with Crippen LogP contribution in [0.4, 0.5) is 0 Å². The van der Waals surface area contributed by atoms with Crippen molar-refractivity contribution >= 4 is 45.3 Å². The van der Waals surface area contributed by atoms with Crippen LogP contribution >= 0.6 is 22.9 Å². The molecule has 2 aliphatic rings. The summed E-state index contributed by atoms with van der Waals surface area (Å²) in [5, 5.41) is 1.27. The van der Waals surface area contributed by atoms with Gasteiger partial charge in [0.1, 0.15) is 10.7 Å². The van der Waals surface area contributed by atoms with Crippen molar-refractivity contribution < 1.29 is 9.47 Å². The third kappa shape index (κ3) is 2.61. The van der Waals surface area contributed by atoms with Gasteiger partial charge in [-0.05, 0) is 55.0 Å². The van der Waals surface area contributed by atoms with E-state index in [-0.39, 0.29) is 12.4 Å². The fourth-order valence-corrected chi connectivity index (χ4v) is 5.06. The predicted molar refractivity (Wildman–Crippen MR) is 103 cm³/mol. The maximum Gasteiger partial charge on any atom is 0.260 e. The lowest BCUT2D eigenvalue weighted by molar-refractivity contribution is 0.174. The molecule has 3 heterocycles. The van der Waals surface area contributed by atoms with Crippen molar-refractivity contribution in [2.24, 2.45) is 0 Å². The molecule has 26 heavy (non-hydrogen) atoms. The minimum absolute atomic E-state index is 0.0576. The van der Waals surface area contributed by atoms with E-state index < -0.39 is 0 Å². The molecule has 0 unspecified atom stereocenters. The van der Waals surface area contributed by atoms with E-state index in [1.54, 1.807) is 23.5 Å². The fourth-order valence-electron chi connectivity index (χ4n) is 3.52. The molecule has 3 aromatic rings. The van der Waals surface area contributed by atoms with E-state index in [1.165, 1.54) is 16.9 Å². The molecule has 132 valence electrons. The number of rotatable bonds is 2. The van der Waals surface area contributed by atoms with Crippen LogP contribution in [0.25, 0.3) is 22.4 Å². The summed E-state index contributed by atoms with van der Waals surface area (Å²) in [7, 11) is 0. The van der Waals surface area contributed by atoms with Crippen molar-refractivity contribution in [3.63, 3.8) is 0 Å². The van der Waals surface area contributed by atoms with Crippen molar-refractivity contribution in [3.8, 4) is 11.5 Å². The first-order valence-electron chi connectivity index (χ1n) is 8.51.